The van der Waals surface area contributed by atoms with E-state index in [-0.39, 0.29) is 11.6 Å². The number of ketones is 2. The van der Waals surface area contributed by atoms with Crippen LogP contribution in [0.1, 0.15) is 26.7 Å². The molecule has 0 aromatic rings. The Hall–Kier alpha value is -1.18. The maximum absolute atomic E-state index is 11.3. The van der Waals surface area contributed by atoms with Crippen molar-refractivity contribution in [2.45, 2.75) is 26.7 Å². The van der Waals surface area contributed by atoms with E-state index < -0.39 is 0 Å². The second kappa shape index (κ2) is 4.17. The summed E-state index contributed by atoms with van der Waals surface area (Å²) < 4.78 is 0. The van der Waals surface area contributed by atoms with Crippen LogP contribution in [0.25, 0.3) is 0 Å². The molecule has 0 aliphatic heterocycles. The van der Waals surface area contributed by atoms with Crippen molar-refractivity contribution >= 4 is 11.6 Å². The summed E-state index contributed by atoms with van der Waals surface area (Å²) in [6.07, 6.45) is 6.39. The van der Waals surface area contributed by atoms with Crippen LogP contribution in [0.2, 0.25) is 0 Å². The van der Waals surface area contributed by atoms with Crippen molar-refractivity contribution in [3.05, 3.63) is 23.8 Å². The molecular weight excluding hydrogens is 164 g/mol. The highest BCUT2D eigenvalue weighted by atomic mass is 16.2. The Kier molecular flexibility index (Phi) is 3.18. The number of rotatable bonds is 3. The number of Topliss-reactive ketones (excluding diaryl/α,β-unsaturated/α-hetero) is 1. The molecule has 0 radical (unpaired) electrons. The quantitative estimate of drug-likeness (QED) is 0.489. The Morgan fingerprint density at radius 2 is 2.00 bits per heavy atom. The zero-order valence-corrected chi connectivity index (χ0v) is 8.04. The van der Waals surface area contributed by atoms with Gasteiger partial charge in [-0.1, -0.05) is 26.0 Å². The molecule has 0 spiro atoms. The average molecular weight is 178 g/mol. The van der Waals surface area contributed by atoms with Crippen molar-refractivity contribution < 1.29 is 9.59 Å². The highest BCUT2D eigenvalue weighted by Crippen LogP contribution is 2.15. The topological polar surface area (TPSA) is 34.1 Å². The van der Waals surface area contributed by atoms with Crippen LogP contribution >= 0.6 is 0 Å². The van der Waals surface area contributed by atoms with Crippen LogP contribution in [-0.2, 0) is 9.59 Å². The number of carbonyl (C=O) groups excluding carboxylic acids is 2. The standard InChI is InChI=1S/C11H14O2/c1-8(2)6-7-9-4-3-5-10(12)11(9)13/h3-5,8H,6-7H2,1-2H3. The van der Waals surface area contributed by atoms with Crippen molar-refractivity contribution in [2.75, 3.05) is 0 Å². The van der Waals surface area contributed by atoms with Crippen molar-refractivity contribution in [2.24, 2.45) is 5.92 Å². The van der Waals surface area contributed by atoms with Crippen LogP contribution in [0.4, 0.5) is 0 Å². The van der Waals surface area contributed by atoms with E-state index in [1.54, 1.807) is 12.2 Å². The van der Waals surface area contributed by atoms with Crippen LogP contribution in [0.3, 0.4) is 0 Å². The third-order valence-electron chi connectivity index (χ3n) is 2.05. The minimum absolute atomic E-state index is 0.330. The third-order valence-corrected chi connectivity index (χ3v) is 2.05. The van der Waals surface area contributed by atoms with Crippen molar-refractivity contribution in [3.8, 4) is 0 Å². The van der Waals surface area contributed by atoms with Gasteiger partial charge in [0.05, 0.1) is 0 Å². The monoisotopic (exact) mass is 178 g/mol. The minimum atomic E-state index is -0.388. The molecule has 0 atom stereocenters. The van der Waals surface area contributed by atoms with Crippen LogP contribution in [0.15, 0.2) is 23.8 Å². The molecule has 0 aromatic heterocycles. The number of hydrogen-bond acceptors (Lipinski definition) is 2. The zero-order valence-electron chi connectivity index (χ0n) is 8.04. The van der Waals surface area contributed by atoms with Crippen molar-refractivity contribution in [1.29, 1.82) is 0 Å². The minimum Gasteiger partial charge on any atom is -0.286 e. The first-order valence-corrected chi connectivity index (χ1v) is 4.57. The summed E-state index contributed by atoms with van der Waals surface area (Å²) in [5.74, 6) is -0.154. The first-order valence-electron chi connectivity index (χ1n) is 4.57. The predicted molar refractivity (Wildman–Crippen MR) is 51.3 cm³/mol. The molecule has 0 bridgehead atoms. The Morgan fingerprint density at radius 3 is 2.62 bits per heavy atom. The summed E-state index contributed by atoms with van der Waals surface area (Å²) >= 11 is 0. The molecule has 13 heavy (non-hydrogen) atoms. The third kappa shape index (κ3) is 2.65. The molecule has 0 amide bonds. The smallest absolute Gasteiger partial charge is 0.228 e. The fourth-order valence-electron chi connectivity index (χ4n) is 1.20. The van der Waals surface area contributed by atoms with E-state index in [4.69, 9.17) is 0 Å². The molecule has 1 aliphatic carbocycles. The van der Waals surface area contributed by atoms with Gasteiger partial charge in [-0.3, -0.25) is 9.59 Å². The zero-order chi connectivity index (χ0) is 9.84. The van der Waals surface area contributed by atoms with Crippen LogP contribution in [-0.4, -0.2) is 11.6 Å². The molecule has 2 heteroatoms. The summed E-state index contributed by atoms with van der Waals surface area (Å²) in [5, 5.41) is 0. The molecule has 0 saturated carbocycles. The van der Waals surface area contributed by atoms with Gasteiger partial charge < -0.3 is 0 Å². The summed E-state index contributed by atoms with van der Waals surface area (Å²) in [7, 11) is 0. The second-order valence-corrected chi connectivity index (χ2v) is 3.68. The first-order chi connectivity index (χ1) is 6.11. The molecular formula is C11H14O2. The van der Waals surface area contributed by atoms with Crippen molar-refractivity contribution in [1.82, 2.24) is 0 Å². The molecule has 0 N–H and O–H groups in total. The fraction of sp³-hybridized carbons (Fsp3) is 0.455. The molecule has 1 aliphatic rings. The van der Waals surface area contributed by atoms with E-state index in [1.807, 2.05) is 0 Å². The van der Waals surface area contributed by atoms with Gasteiger partial charge >= 0.3 is 0 Å². The Labute approximate surface area is 78.3 Å². The molecule has 0 unspecified atom stereocenters. The normalized spacial score (nSPS) is 16.7. The van der Waals surface area contributed by atoms with E-state index in [1.165, 1.54) is 6.08 Å². The van der Waals surface area contributed by atoms with Crippen LogP contribution < -0.4 is 0 Å². The average Bonchev–Trinajstić information content (AvgIpc) is 2.07. The van der Waals surface area contributed by atoms with E-state index in [0.29, 0.717) is 17.9 Å². The van der Waals surface area contributed by atoms with Crippen LogP contribution in [0.5, 0.6) is 0 Å². The molecule has 0 aromatic carbocycles. The Balaban J connectivity index is 2.59. The Bertz CT molecular complexity index is 282. The molecule has 0 saturated heterocycles. The van der Waals surface area contributed by atoms with Gasteiger partial charge in [0.2, 0.25) is 11.6 Å². The lowest BCUT2D eigenvalue weighted by atomic mass is 9.95. The van der Waals surface area contributed by atoms with Gasteiger partial charge in [0.15, 0.2) is 0 Å². The Morgan fingerprint density at radius 1 is 1.31 bits per heavy atom. The predicted octanol–water partition coefficient (Wildman–Crippen LogP) is 2.06. The highest BCUT2D eigenvalue weighted by molar-refractivity contribution is 6.48. The molecule has 1 rings (SSSR count). The first kappa shape index (κ1) is 9.90. The van der Waals surface area contributed by atoms with Gasteiger partial charge in [-0.2, -0.15) is 0 Å². The summed E-state index contributed by atoms with van der Waals surface area (Å²) in [4.78, 5) is 22.2. The lowest BCUT2D eigenvalue weighted by Crippen LogP contribution is -2.16. The summed E-state index contributed by atoms with van der Waals surface area (Å²) in [6.45, 7) is 4.21. The second-order valence-electron chi connectivity index (χ2n) is 3.68. The number of hydrogen-bond donors (Lipinski definition) is 0. The SMILES string of the molecule is CC(C)CCC1=CC=CC(=O)C1=O. The maximum atomic E-state index is 11.3. The number of allylic oxidation sites excluding steroid dienone is 4. The van der Waals surface area contributed by atoms with E-state index in [0.717, 1.165) is 6.42 Å². The van der Waals surface area contributed by atoms with E-state index in [2.05, 4.69) is 13.8 Å². The van der Waals surface area contributed by atoms with Gasteiger partial charge in [0.25, 0.3) is 0 Å². The van der Waals surface area contributed by atoms with Crippen molar-refractivity contribution in [3.63, 3.8) is 0 Å². The lowest BCUT2D eigenvalue weighted by Gasteiger charge is -2.08. The van der Waals surface area contributed by atoms with E-state index >= 15 is 0 Å². The summed E-state index contributed by atoms with van der Waals surface area (Å²) in [5.41, 5.74) is 0.654. The fourth-order valence-corrected chi connectivity index (χ4v) is 1.20. The largest absolute Gasteiger partial charge is 0.286 e. The van der Waals surface area contributed by atoms with E-state index in [9.17, 15) is 9.59 Å². The van der Waals surface area contributed by atoms with Gasteiger partial charge in [-0.15, -0.1) is 0 Å². The molecule has 70 valence electrons. The highest BCUT2D eigenvalue weighted by Gasteiger charge is 2.18. The molecule has 2 nitrogen and oxygen atoms in total. The summed E-state index contributed by atoms with van der Waals surface area (Å²) in [6, 6.07) is 0. The maximum Gasteiger partial charge on any atom is 0.228 e. The molecule has 0 heterocycles. The van der Waals surface area contributed by atoms with Gasteiger partial charge in [0, 0.05) is 5.57 Å². The lowest BCUT2D eigenvalue weighted by molar-refractivity contribution is -0.131. The number of carbonyl (C=O) groups is 2. The molecule has 0 fully saturated rings. The van der Waals surface area contributed by atoms with Gasteiger partial charge in [-0.25, -0.2) is 0 Å². The van der Waals surface area contributed by atoms with Crippen LogP contribution in [0, 0.1) is 5.92 Å². The van der Waals surface area contributed by atoms with Gasteiger partial charge in [0.1, 0.15) is 0 Å². The van der Waals surface area contributed by atoms with Gasteiger partial charge in [-0.05, 0) is 24.8 Å².